The Morgan fingerprint density at radius 1 is 1.08 bits per heavy atom. The molecular formula is C18H21N5O2. The molecule has 1 aromatic heterocycles. The number of anilines is 2. The van der Waals surface area contributed by atoms with E-state index in [-0.39, 0.29) is 18.2 Å². The van der Waals surface area contributed by atoms with Crippen LogP contribution in [-0.2, 0) is 9.59 Å². The van der Waals surface area contributed by atoms with Crippen molar-refractivity contribution >= 4 is 23.5 Å². The molecule has 25 heavy (non-hydrogen) atoms. The van der Waals surface area contributed by atoms with E-state index >= 15 is 0 Å². The maximum atomic E-state index is 12.3. The molecule has 1 N–H and O–H groups in total. The minimum atomic E-state index is -0.288. The van der Waals surface area contributed by atoms with E-state index in [0.29, 0.717) is 37.8 Å². The monoisotopic (exact) mass is 339 g/mol. The zero-order valence-corrected chi connectivity index (χ0v) is 14.2. The van der Waals surface area contributed by atoms with E-state index in [9.17, 15) is 9.59 Å². The molecule has 0 atom stereocenters. The van der Waals surface area contributed by atoms with Gasteiger partial charge < -0.3 is 15.1 Å². The van der Waals surface area contributed by atoms with Gasteiger partial charge in [-0.05, 0) is 30.7 Å². The molecule has 3 rings (SSSR count). The van der Waals surface area contributed by atoms with Crippen LogP contribution in [0.25, 0.3) is 0 Å². The first-order chi connectivity index (χ1) is 12.1. The van der Waals surface area contributed by atoms with Gasteiger partial charge >= 0.3 is 0 Å². The van der Waals surface area contributed by atoms with E-state index in [4.69, 9.17) is 0 Å². The first kappa shape index (κ1) is 16.9. The molecule has 2 amide bonds. The number of nitrogens with one attached hydrogen (secondary N) is 1. The fourth-order valence-corrected chi connectivity index (χ4v) is 2.79. The minimum absolute atomic E-state index is 0.143. The molecule has 0 unspecified atom stereocenters. The lowest BCUT2D eigenvalue weighted by Crippen LogP contribution is -2.49. The molecular weight excluding hydrogens is 318 g/mol. The number of carbonyl (C=O) groups excluding carboxylic acids is 2. The van der Waals surface area contributed by atoms with Crippen LogP contribution in [0.3, 0.4) is 0 Å². The summed E-state index contributed by atoms with van der Waals surface area (Å²) >= 11 is 0. The van der Waals surface area contributed by atoms with Crippen molar-refractivity contribution < 1.29 is 9.59 Å². The minimum Gasteiger partial charge on any atom is -0.339 e. The van der Waals surface area contributed by atoms with Crippen LogP contribution in [-0.4, -0.2) is 52.9 Å². The quantitative estimate of drug-likeness (QED) is 0.853. The van der Waals surface area contributed by atoms with Crippen molar-refractivity contribution in [3.63, 3.8) is 0 Å². The number of carbonyl (C=O) groups is 2. The van der Waals surface area contributed by atoms with Gasteiger partial charge in [-0.2, -0.15) is 0 Å². The number of aryl methyl sites for hydroxylation is 1. The zero-order chi connectivity index (χ0) is 17.6. The van der Waals surface area contributed by atoms with Gasteiger partial charge in [0.1, 0.15) is 6.42 Å². The van der Waals surface area contributed by atoms with E-state index in [2.05, 4.69) is 15.3 Å². The van der Waals surface area contributed by atoms with E-state index in [1.165, 1.54) is 0 Å². The van der Waals surface area contributed by atoms with Crippen LogP contribution in [0.4, 0.5) is 11.6 Å². The molecule has 0 saturated carbocycles. The Morgan fingerprint density at radius 3 is 2.48 bits per heavy atom. The Balaban J connectivity index is 1.48. The highest BCUT2D eigenvalue weighted by Gasteiger charge is 2.23. The van der Waals surface area contributed by atoms with E-state index in [1.54, 1.807) is 23.4 Å². The van der Waals surface area contributed by atoms with Gasteiger partial charge in [0, 0.05) is 44.3 Å². The molecule has 0 radical (unpaired) electrons. The number of rotatable bonds is 4. The summed E-state index contributed by atoms with van der Waals surface area (Å²) < 4.78 is 0. The molecule has 130 valence electrons. The van der Waals surface area contributed by atoms with Crippen molar-refractivity contribution in [1.82, 2.24) is 14.9 Å². The second-order valence-corrected chi connectivity index (χ2v) is 6.01. The smallest absolute Gasteiger partial charge is 0.233 e. The van der Waals surface area contributed by atoms with E-state index < -0.39 is 0 Å². The van der Waals surface area contributed by atoms with E-state index in [0.717, 1.165) is 5.56 Å². The van der Waals surface area contributed by atoms with Gasteiger partial charge in [-0.25, -0.2) is 9.97 Å². The first-order valence-corrected chi connectivity index (χ1v) is 8.28. The Hall–Kier alpha value is -2.96. The first-order valence-electron chi connectivity index (χ1n) is 8.28. The van der Waals surface area contributed by atoms with Gasteiger partial charge in [0.05, 0.1) is 0 Å². The van der Waals surface area contributed by atoms with Gasteiger partial charge in [-0.15, -0.1) is 0 Å². The lowest BCUT2D eigenvalue weighted by Gasteiger charge is -2.34. The molecule has 0 bridgehead atoms. The van der Waals surface area contributed by atoms with Gasteiger partial charge in [0.2, 0.25) is 17.8 Å². The molecule has 1 fully saturated rings. The fourth-order valence-electron chi connectivity index (χ4n) is 2.79. The fraction of sp³-hybridized carbons (Fsp3) is 0.333. The van der Waals surface area contributed by atoms with Crippen LogP contribution in [0, 0.1) is 6.92 Å². The third kappa shape index (κ3) is 4.53. The lowest BCUT2D eigenvalue weighted by molar-refractivity contribution is -0.134. The summed E-state index contributed by atoms with van der Waals surface area (Å²) in [7, 11) is 0. The molecule has 0 aliphatic carbocycles. The summed E-state index contributed by atoms with van der Waals surface area (Å²) in [5, 5.41) is 2.77. The number of nitrogens with zero attached hydrogens (tertiary/aromatic N) is 4. The lowest BCUT2D eigenvalue weighted by atomic mass is 10.2. The number of hydrogen-bond donors (Lipinski definition) is 1. The maximum absolute atomic E-state index is 12.3. The summed E-state index contributed by atoms with van der Waals surface area (Å²) in [4.78, 5) is 36.6. The molecule has 0 spiro atoms. The highest BCUT2D eigenvalue weighted by atomic mass is 16.2. The third-order valence-electron chi connectivity index (χ3n) is 4.08. The van der Waals surface area contributed by atoms with Crippen molar-refractivity contribution in [2.75, 3.05) is 36.4 Å². The van der Waals surface area contributed by atoms with Crippen LogP contribution in [0.1, 0.15) is 12.0 Å². The molecule has 1 aromatic carbocycles. The number of amides is 2. The second kappa shape index (κ2) is 7.74. The van der Waals surface area contributed by atoms with Crippen LogP contribution in [0.2, 0.25) is 0 Å². The number of aromatic nitrogens is 2. The van der Waals surface area contributed by atoms with Gasteiger partial charge in [0.15, 0.2) is 0 Å². The molecule has 1 saturated heterocycles. The van der Waals surface area contributed by atoms with Crippen molar-refractivity contribution in [2.45, 2.75) is 13.3 Å². The van der Waals surface area contributed by atoms with Gasteiger partial charge in [-0.1, -0.05) is 12.1 Å². The highest BCUT2D eigenvalue weighted by molar-refractivity contribution is 6.03. The van der Waals surface area contributed by atoms with Gasteiger partial charge in [-0.3, -0.25) is 9.59 Å². The van der Waals surface area contributed by atoms with Crippen LogP contribution < -0.4 is 10.2 Å². The maximum Gasteiger partial charge on any atom is 0.233 e. The number of piperazine rings is 1. The molecule has 2 heterocycles. The average molecular weight is 339 g/mol. The third-order valence-corrected chi connectivity index (χ3v) is 4.08. The second-order valence-electron chi connectivity index (χ2n) is 6.01. The zero-order valence-electron chi connectivity index (χ0n) is 14.2. The highest BCUT2D eigenvalue weighted by Crippen LogP contribution is 2.12. The van der Waals surface area contributed by atoms with Crippen molar-refractivity contribution in [2.24, 2.45) is 0 Å². The summed E-state index contributed by atoms with van der Waals surface area (Å²) in [6.45, 7) is 4.41. The van der Waals surface area contributed by atoms with Crippen LogP contribution >= 0.6 is 0 Å². The summed E-state index contributed by atoms with van der Waals surface area (Å²) in [5.74, 6) is 0.231. The molecule has 7 nitrogen and oxygen atoms in total. The average Bonchev–Trinajstić information content (AvgIpc) is 2.62. The van der Waals surface area contributed by atoms with Gasteiger partial charge in [0.25, 0.3) is 0 Å². The summed E-state index contributed by atoms with van der Waals surface area (Å²) in [5.41, 5.74) is 1.77. The van der Waals surface area contributed by atoms with Crippen LogP contribution in [0.15, 0.2) is 42.7 Å². The largest absolute Gasteiger partial charge is 0.339 e. The molecule has 1 aliphatic heterocycles. The van der Waals surface area contributed by atoms with Crippen molar-refractivity contribution in [1.29, 1.82) is 0 Å². The number of benzene rings is 1. The topological polar surface area (TPSA) is 78.4 Å². The molecule has 1 aliphatic rings. The molecule has 2 aromatic rings. The number of hydrogen-bond acceptors (Lipinski definition) is 5. The van der Waals surface area contributed by atoms with Crippen molar-refractivity contribution in [3.05, 3.63) is 48.3 Å². The van der Waals surface area contributed by atoms with E-state index in [1.807, 2.05) is 36.1 Å². The Morgan fingerprint density at radius 2 is 1.80 bits per heavy atom. The Labute approximate surface area is 146 Å². The summed E-state index contributed by atoms with van der Waals surface area (Å²) in [6.07, 6.45) is 3.26. The normalized spacial score (nSPS) is 14.3. The predicted octanol–water partition coefficient (Wildman–Crippen LogP) is 1.46. The standard InChI is InChI=1S/C18H21N5O2/c1-14-4-2-5-15(12-14)21-16(24)13-17(25)22-8-10-23(11-9-22)18-19-6-3-7-20-18/h2-7,12H,8-11,13H2,1H3,(H,21,24). The predicted molar refractivity (Wildman–Crippen MR) is 95.3 cm³/mol. The molecule has 7 heteroatoms. The Bertz CT molecular complexity index is 742. The Kier molecular flexibility index (Phi) is 5.23. The summed E-state index contributed by atoms with van der Waals surface area (Å²) in [6, 6.07) is 9.29. The SMILES string of the molecule is Cc1cccc(NC(=O)CC(=O)N2CCN(c3ncccn3)CC2)c1. The van der Waals surface area contributed by atoms with Crippen molar-refractivity contribution in [3.8, 4) is 0 Å². The van der Waals surface area contributed by atoms with Crippen LogP contribution in [0.5, 0.6) is 0 Å².